The predicted molar refractivity (Wildman–Crippen MR) is 147 cm³/mol. The summed E-state index contributed by atoms with van der Waals surface area (Å²) in [5, 5.41) is 5.83. The number of ether oxygens (including phenoxy) is 1. The summed E-state index contributed by atoms with van der Waals surface area (Å²) in [7, 11) is -2.00. The molecule has 9 nitrogen and oxygen atoms in total. The highest BCUT2D eigenvalue weighted by molar-refractivity contribution is 14.1. The smallest absolute Gasteiger partial charge is 0.259 e. The lowest BCUT2D eigenvalue weighted by atomic mass is 10.1. The second-order valence-corrected chi connectivity index (χ2v) is 12.2. The third kappa shape index (κ3) is 5.17. The van der Waals surface area contributed by atoms with Crippen molar-refractivity contribution in [1.29, 1.82) is 0 Å². The lowest BCUT2D eigenvalue weighted by molar-refractivity contribution is 0.0949. The Morgan fingerprint density at radius 3 is 2.59 bits per heavy atom. The van der Waals surface area contributed by atoms with Crippen molar-refractivity contribution >= 4 is 55.7 Å². The van der Waals surface area contributed by atoms with Crippen LogP contribution in [0.1, 0.15) is 28.8 Å². The minimum absolute atomic E-state index is 0.0131. The number of carbonyl (C=O) groups excluding carboxylic acids is 1. The van der Waals surface area contributed by atoms with E-state index < -0.39 is 27.3 Å². The number of nitrogens with one attached hydrogen (secondary N) is 2. The zero-order valence-corrected chi connectivity index (χ0v) is 23.0. The molecule has 0 spiro atoms. The molecule has 0 radical (unpaired) electrons. The molecular weight excluding hydrogens is 614 g/mol. The van der Waals surface area contributed by atoms with Crippen LogP contribution >= 0.6 is 22.6 Å². The van der Waals surface area contributed by atoms with E-state index in [-0.39, 0.29) is 35.4 Å². The average molecular weight is 638 g/mol. The molecule has 0 unspecified atom stereocenters. The lowest BCUT2D eigenvalue weighted by Crippen LogP contribution is -2.30. The number of rotatable bonds is 7. The molecule has 1 aliphatic heterocycles. The molecule has 0 atom stereocenters. The first-order valence-corrected chi connectivity index (χ1v) is 14.5. The van der Waals surface area contributed by atoms with Gasteiger partial charge in [0.2, 0.25) is 10.0 Å². The zero-order chi connectivity index (χ0) is 26.5. The first kappa shape index (κ1) is 25.5. The van der Waals surface area contributed by atoms with Crippen LogP contribution in [0, 0.1) is 9.39 Å². The van der Waals surface area contributed by atoms with Crippen molar-refractivity contribution in [2.24, 2.45) is 7.05 Å². The Balaban J connectivity index is 1.62. The molecule has 2 aliphatic rings. The third-order valence-corrected chi connectivity index (χ3v) is 8.14. The number of benzene rings is 2. The topological polar surface area (TPSA) is 110 Å². The summed E-state index contributed by atoms with van der Waals surface area (Å²) in [4.78, 5) is 26.3. The Kier molecular flexibility index (Phi) is 6.64. The van der Waals surface area contributed by atoms with E-state index in [1.807, 2.05) is 22.6 Å². The van der Waals surface area contributed by atoms with E-state index in [2.05, 4.69) is 10.6 Å². The van der Waals surface area contributed by atoms with Gasteiger partial charge in [-0.05, 0) is 72.2 Å². The Morgan fingerprint density at radius 1 is 1.16 bits per heavy atom. The molecule has 2 aromatic carbocycles. The maximum Gasteiger partial charge on any atom is 0.259 e. The highest BCUT2D eigenvalue weighted by Crippen LogP contribution is 2.40. The van der Waals surface area contributed by atoms with Gasteiger partial charge in [-0.2, -0.15) is 0 Å². The summed E-state index contributed by atoms with van der Waals surface area (Å²) in [6.07, 6.45) is 3.23. The molecular formula is C25H24FIN4O5S. The quantitative estimate of drug-likeness (QED) is 0.381. The molecule has 5 rings (SSSR count). The number of hydrogen-bond acceptors (Lipinski definition) is 6. The number of aromatic nitrogens is 1. The van der Waals surface area contributed by atoms with Gasteiger partial charge in [0.15, 0.2) is 0 Å². The van der Waals surface area contributed by atoms with E-state index in [0.29, 0.717) is 27.0 Å². The van der Waals surface area contributed by atoms with Crippen LogP contribution in [-0.2, 0) is 23.5 Å². The fraction of sp³-hybridized carbons (Fsp3) is 0.280. The Bertz CT molecular complexity index is 1590. The molecule has 1 amide bonds. The van der Waals surface area contributed by atoms with Crippen molar-refractivity contribution < 1.29 is 22.3 Å². The molecule has 1 fully saturated rings. The van der Waals surface area contributed by atoms with E-state index in [9.17, 15) is 22.4 Å². The summed E-state index contributed by atoms with van der Waals surface area (Å²) in [5.41, 5.74) is 0.809. The summed E-state index contributed by atoms with van der Waals surface area (Å²) >= 11 is 1.99. The van der Waals surface area contributed by atoms with Crippen LogP contribution in [0.4, 0.5) is 21.6 Å². The number of nitrogens with zero attached hydrogens (tertiary/aromatic N) is 2. The average Bonchev–Trinajstić information content (AvgIpc) is 3.51. The van der Waals surface area contributed by atoms with Gasteiger partial charge in [-0.1, -0.05) is 6.07 Å². The molecule has 2 heterocycles. The summed E-state index contributed by atoms with van der Waals surface area (Å²) in [5.74, 6) is -0.608. The summed E-state index contributed by atoms with van der Waals surface area (Å²) in [6.45, 7) is 0.263. The number of amides is 1. The zero-order valence-electron chi connectivity index (χ0n) is 20.0. The number of anilines is 3. The fourth-order valence-electron chi connectivity index (χ4n) is 4.26. The van der Waals surface area contributed by atoms with E-state index in [4.69, 9.17) is 4.74 Å². The largest absolute Gasteiger partial charge is 0.456 e. The van der Waals surface area contributed by atoms with E-state index in [0.717, 1.165) is 19.1 Å². The number of pyridine rings is 1. The number of halogens is 2. The number of fused-ring (bicyclic) bond motifs is 1. The molecule has 194 valence electrons. The van der Waals surface area contributed by atoms with Crippen molar-refractivity contribution in [3.8, 4) is 11.5 Å². The normalized spacial score (nSPS) is 14.9. The maximum atomic E-state index is 14.7. The summed E-state index contributed by atoms with van der Waals surface area (Å²) < 4.78 is 48.5. The van der Waals surface area contributed by atoms with Crippen LogP contribution in [0.2, 0.25) is 0 Å². The molecule has 2 N–H and O–H groups in total. The predicted octanol–water partition coefficient (Wildman–Crippen LogP) is 3.88. The van der Waals surface area contributed by atoms with Gasteiger partial charge in [0, 0.05) is 34.8 Å². The standard InChI is InChI=1S/C25H24FIN4O5S/c1-30-22(32)13-21(36-20-5-3-4-19-16(20)10-11-31(19)37(2,34)35)23(25(33)28-15-7-8-15)24(30)29-18-9-6-14(27)12-17(18)26/h3-6,9,12-13,15,29H,7-8,10-11H2,1-2H3,(H,28,33). The van der Waals surface area contributed by atoms with Gasteiger partial charge < -0.3 is 15.4 Å². The third-order valence-electron chi connectivity index (χ3n) is 6.29. The van der Waals surface area contributed by atoms with Crippen molar-refractivity contribution in [2.45, 2.75) is 25.3 Å². The molecule has 12 heteroatoms. The van der Waals surface area contributed by atoms with Crippen molar-refractivity contribution in [1.82, 2.24) is 9.88 Å². The Morgan fingerprint density at radius 2 is 1.92 bits per heavy atom. The number of hydrogen-bond donors (Lipinski definition) is 2. The minimum Gasteiger partial charge on any atom is -0.456 e. The molecule has 37 heavy (non-hydrogen) atoms. The van der Waals surface area contributed by atoms with Crippen molar-refractivity contribution in [2.75, 3.05) is 22.4 Å². The second kappa shape index (κ2) is 9.63. The van der Waals surface area contributed by atoms with E-state index >= 15 is 0 Å². The van der Waals surface area contributed by atoms with E-state index in [1.165, 1.54) is 34.1 Å². The van der Waals surface area contributed by atoms with Crippen LogP contribution in [0.15, 0.2) is 47.3 Å². The molecule has 1 saturated carbocycles. The monoisotopic (exact) mass is 638 g/mol. The molecule has 3 aromatic rings. The first-order valence-electron chi connectivity index (χ1n) is 11.6. The van der Waals surface area contributed by atoms with Gasteiger partial charge in [0.25, 0.3) is 11.5 Å². The van der Waals surface area contributed by atoms with Crippen LogP contribution in [0.25, 0.3) is 0 Å². The van der Waals surface area contributed by atoms with Crippen LogP contribution in [-0.4, -0.2) is 37.7 Å². The van der Waals surface area contributed by atoms with Crippen LogP contribution < -0.4 is 25.2 Å². The maximum absolute atomic E-state index is 14.7. The van der Waals surface area contributed by atoms with Gasteiger partial charge in [0.1, 0.15) is 28.7 Å². The van der Waals surface area contributed by atoms with Crippen molar-refractivity contribution in [3.63, 3.8) is 0 Å². The van der Waals surface area contributed by atoms with Crippen molar-refractivity contribution in [3.05, 3.63) is 73.3 Å². The van der Waals surface area contributed by atoms with Gasteiger partial charge >= 0.3 is 0 Å². The molecule has 1 aromatic heterocycles. The van der Waals surface area contributed by atoms with Gasteiger partial charge in [-0.3, -0.25) is 18.5 Å². The van der Waals surface area contributed by atoms with Crippen LogP contribution in [0.3, 0.4) is 0 Å². The lowest BCUT2D eigenvalue weighted by Gasteiger charge is -2.20. The fourth-order valence-corrected chi connectivity index (χ4v) is 5.66. The minimum atomic E-state index is -3.48. The van der Waals surface area contributed by atoms with E-state index in [1.54, 1.807) is 24.3 Å². The SMILES string of the molecule is Cn1c(Nc2ccc(I)cc2F)c(C(=O)NC2CC2)c(Oc2cccc3c2CCN3S(C)(=O)=O)cc1=O. The summed E-state index contributed by atoms with van der Waals surface area (Å²) in [6, 6.07) is 10.8. The van der Waals surface area contributed by atoms with Gasteiger partial charge in [0.05, 0.1) is 17.6 Å². The Hall–Kier alpha value is -3.13. The van der Waals surface area contributed by atoms with Gasteiger partial charge in [-0.25, -0.2) is 12.8 Å². The second-order valence-electron chi connectivity index (χ2n) is 9.07. The highest BCUT2D eigenvalue weighted by atomic mass is 127. The number of sulfonamides is 1. The molecule has 0 bridgehead atoms. The molecule has 0 saturated heterocycles. The first-order chi connectivity index (χ1) is 17.5. The highest BCUT2D eigenvalue weighted by Gasteiger charge is 2.31. The van der Waals surface area contributed by atoms with Crippen LogP contribution in [0.5, 0.6) is 11.5 Å². The Labute approximate surface area is 226 Å². The van der Waals surface area contributed by atoms with Gasteiger partial charge in [-0.15, -0.1) is 0 Å². The number of carbonyl (C=O) groups is 1. The molecule has 1 aliphatic carbocycles.